The van der Waals surface area contributed by atoms with E-state index < -0.39 is 11.2 Å². The fourth-order valence-corrected chi connectivity index (χ4v) is 3.03. The van der Waals surface area contributed by atoms with E-state index in [2.05, 4.69) is 36.4 Å². The second-order valence-corrected chi connectivity index (χ2v) is 7.42. The molecule has 0 radical (unpaired) electrons. The van der Waals surface area contributed by atoms with Crippen LogP contribution >= 0.6 is 15.9 Å². The zero-order chi connectivity index (χ0) is 19.7. The average Bonchev–Trinajstić information content (AvgIpc) is 2.94. The van der Waals surface area contributed by atoms with E-state index in [1.807, 2.05) is 13.8 Å². The zero-order valence-electron chi connectivity index (χ0n) is 15.0. The number of hydrogen-bond acceptors (Lipinski definition) is 6. The van der Waals surface area contributed by atoms with Crippen molar-refractivity contribution in [1.82, 2.24) is 19.1 Å². The minimum Gasteiger partial charge on any atom is -0.507 e. The van der Waals surface area contributed by atoms with Crippen LogP contribution in [-0.4, -0.2) is 30.4 Å². The second-order valence-electron chi connectivity index (χ2n) is 6.50. The fourth-order valence-electron chi connectivity index (χ4n) is 2.65. The number of aryl methyl sites for hydroxylation is 1. The molecule has 0 aliphatic rings. The summed E-state index contributed by atoms with van der Waals surface area (Å²) >= 11 is 3.34. The number of nitrogens with zero attached hydrogens (tertiary/aromatic N) is 4. The van der Waals surface area contributed by atoms with Gasteiger partial charge in [-0.3, -0.25) is 14.3 Å². The molecule has 0 aliphatic carbocycles. The second kappa shape index (κ2) is 7.39. The minimum absolute atomic E-state index is 0.0817. The van der Waals surface area contributed by atoms with E-state index >= 15 is 0 Å². The topological polar surface area (TPSA) is 117 Å². The normalized spacial score (nSPS) is 11.7. The van der Waals surface area contributed by atoms with Gasteiger partial charge in [0, 0.05) is 23.6 Å². The molecule has 0 bridgehead atoms. The summed E-state index contributed by atoms with van der Waals surface area (Å²) in [5.41, 5.74) is 2.85. The van der Waals surface area contributed by atoms with Crippen molar-refractivity contribution in [3.63, 3.8) is 0 Å². The molecule has 3 rings (SSSR count). The SMILES string of the molecule is CC(C)Cn1c(N/N=C/c2cc(Br)ccc2O)nc2c1c(=O)[nH]c(=O)n2C. The number of nitrogens with one attached hydrogen (secondary N) is 2. The number of imidazole rings is 1. The molecule has 2 heterocycles. The van der Waals surface area contributed by atoms with Crippen molar-refractivity contribution in [2.45, 2.75) is 20.4 Å². The Bertz CT molecular complexity index is 1140. The lowest BCUT2D eigenvalue weighted by Gasteiger charge is -2.10. The largest absolute Gasteiger partial charge is 0.507 e. The Labute approximate surface area is 162 Å². The van der Waals surface area contributed by atoms with Gasteiger partial charge in [-0.05, 0) is 24.1 Å². The summed E-state index contributed by atoms with van der Waals surface area (Å²) < 4.78 is 3.77. The standard InChI is InChI=1S/C17H19BrN6O3/c1-9(2)8-24-13-14(23(3)17(27)21-15(13)26)20-16(24)22-19-7-10-6-11(18)4-5-12(10)25/h4-7,9,25H,8H2,1-3H3,(H,20,22)(H,21,26,27)/b19-7+. The maximum Gasteiger partial charge on any atom is 0.329 e. The number of phenols is 1. The van der Waals surface area contributed by atoms with Crippen LogP contribution in [0.15, 0.2) is 37.4 Å². The van der Waals surface area contributed by atoms with Crippen LogP contribution in [0.2, 0.25) is 0 Å². The third-order valence-electron chi connectivity index (χ3n) is 3.91. The van der Waals surface area contributed by atoms with Crippen LogP contribution < -0.4 is 16.7 Å². The number of phenolic OH excluding ortho intramolecular Hbond substituents is 1. The molecular formula is C17H19BrN6O3. The minimum atomic E-state index is -0.532. The number of anilines is 1. The molecule has 9 nitrogen and oxygen atoms in total. The number of aromatic amines is 1. The van der Waals surface area contributed by atoms with Gasteiger partial charge >= 0.3 is 5.69 Å². The van der Waals surface area contributed by atoms with Crippen molar-refractivity contribution >= 4 is 39.3 Å². The first-order valence-electron chi connectivity index (χ1n) is 8.25. The Balaban J connectivity index is 2.05. The monoisotopic (exact) mass is 434 g/mol. The number of benzene rings is 1. The van der Waals surface area contributed by atoms with E-state index in [9.17, 15) is 14.7 Å². The maximum absolute atomic E-state index is 12.3. The van der Waals surface area contributed by atoms with E-state index in [1.54, 1.807) is 29.8 Å². The number of aromatic nitrogens is 4. The van der Waals surface area contributed by atoms with Crippen LogP contribution in [-0.2, 0) is 13.6 Å². The maximum atomic E-state index is 12.3. The summed E-state index contributed by atoms with van der Waals surface area (Å²) in [5.74, 6) is 0.645. The molecule has 0 amide bonds. The number of rotatable bonds is 5. The molecule has 3 aromatic rings. The zero-order valence-corrected chi connectivity index (χ0v) is 16.6. The number of fused-ring (bicyclic) bond motifs is 1. The van der Waals surface area contributed by atoms with Crippen molar-refractivity contribution in [3.8, 4) is 5.75 Å². The van der Waals surface area contributed by atoms with Crippen molar-refractivity contribution in [2.75, 3.05) is 5.43 Å². The lowest BCUT2D eigenvalue weighted by atomic mass is 10.2. The predicted octanol–water partition coefficient (Wildman–Crippen LogP) is 1.99. The molecule has 0 fully saturated rings. The summed E-state index contributed by atoms with van der Waals surface area (Å²) in [6.07, 6.45) is 1.45. The molecule has 0 saturated carbocycles. The Kier molecular flexibility index (Phi) is 5.17. The first kappa shape index (κ1) is 18.9. The van der Waals surface area contributed by atoms with Gasteiger partial charge in [0.15, 0.2) is 11.2 Å². The highest BCUT2D eigenvalue weighted by Gasteiger charge is 2.17. The molecule has 0 spiro atoms. The number of hydrogen-bond donors (Lipinski definition) is 3. The molecule has 10 heteroatoms. The highest BCUT2D eigenvalue weighted by atomic mass is 79.9. The molecule has 0 unspecified atom stereocenters. The van der Waals surface area contributed by atoms with Gasteiger partial charge in [0.25, 0.3) is 5.56 Å². The van der Waals surface area contributed by atoms with Gasteiger partial charge in [0.2, 0.25) is 5.95 Å². The molecule has 1 aromatic carbocycles. The summed E-state index contributed by atoms with van der Waals surface area (Å²) in [4.78, 5) is 30.8. The van der Waals surface area contributed by atoms with Gasteiger partial charge in [0.1, 0.15) is 5.75 Å². The van der Waals surface area contributed by atoms with Gasteiger partial charge in [-0.1, -0.05) is 29.8 Å². The van der Waals surface area contributed by atoms with Crippen molar-refractivity contribution in [2.24, 2.45) is 18.1 Å². The first-order valence-corrected chi connectivity index (χ1v) is 9.04. The summed E-state index contributed by atoms with van der Waals surface area (Å²) in [6.45, 7) is 4.53. The summed E-state index contributed by atoms with van der Waals surface area (Å²) in [7, 11) is 1.54. The van der Waals surface area contributed by atoms with Gasteiger partial charge in [-0.15, -0.1) is 0 Å². The number of aromatic hydroxyl groups is 1. The number of halogens is 1. The molecule has 0 aliphatic heterocycles. The molecule has 2 aromatic heterocycles. The Hall–Kier alpha value is -2.88. The number of H-pyrrole nitrogens is 1. The van der Waals surface area contributed by atoms with Gasteiger partial charge in [-0.25, -0.2) is 10.2 Å². The van der Waals surface area contributed by atoms with Crippen molar-refractivity contribution < 1.29 is 5.11 Å². The first-order chi connectivity index (χ1) is 12.8. The lowest BCUT2D eigenvalue weighted by molar-refractivity contribution is 0.474. The third-order valence-corrected chi connectivity index (χ3v) is 4.41. The predicted molar refractivity (Wildman–Crippen MR) is 107 cm³/mol. The van der Waals surface area contributed by atoms with E-state index in [1.165, 1.54) is 10.8 Å². The van der Waals surface area contributed by atoms with E-state index in [4.69, 9.17) is 0 Å². The van der Waals surface area contributed by atoms with Gasteiger partial charge < -0.3 is 9.67 Å². The van der Waals surface area contributed by atoms with Gasteiger partial charge in [-0.2, -0.15) is 10.1 Å². The Morgan fingerprint density at radius 2 is 2.15 bits per heavy atom. The fraction of sp³-hybridized carbons (Fsp3) is 0.294. The van der Waals surface area contributed by atoms with Crippen LogP contribution in [0, 0.1) is 5.92 Å². The van der Waals surface area contributed by atoms with Gasteiger partial charge in [0.05, 0.1) is 6.21 Å². The Morgan fingerprint density at radius 1 is 1.41 bits per heavy atom. The van der Waals surface area contributed by atoms with Crippen LogP contribution in [0.5, 0.6) is 5.75 Å². The highest BCUT2D eigenvalue weighted by Crippen LogP contribution is 2.21. The van der Waals surface area contributed by atoms with E-state index in [-0.39, 0.29) is 17.3 Å². The van der Waals surface area contributed by atoms with Crippen LogP contribution in [0.1, 0.15) is 19.4 Å². The van der Waals surface area contributed by atoms with E-state index in [0.29, 0.717) is 23.6 Å². The third kappa shape index (κ3) is 3.80. The molecule has 3 N–H and O–H groups in total. The van der Waals surface area contributed by atoms with Crippen molar-refractivity contribution in [1.29, 1.82) is 0 Å². The average molecular weight is 435 g/mol. The highest BCUT2D eigenvalue weighted by molar-refractivity contribution is 9.10. The van der Waals surface area contributed by atoms with Crippen LogP contribution in [0.3, 0.4) is 0 Å². The smallest absolute Gasteiger partial charge is 0.329 e. The summed E-state index contributed by atoms with van der Waals surface area (Å²) in [6, 6.07) is 4.98. The quantitative estimate of drug-likeness (QED) is 0.419. The van der Waals surface area contributed by atoms with Crippen molar-refractivity contribution in [3.05, 3.63) is 49.1 Å². The molecule has 0 atom stereocenters. The molecular weight excluding hydrogens is 416 g/mol. The summed E-state index contributed by atoms with van der Waals surface area (Å²) in [5, 5.41) is 14.0. The number of hydrazone groups is 1. The van der Waals surface area contributed by atoms with Crippen LogP contribution in [0.25, 0.3) is 11.2 Å². The van der Waals surface area contributed by atoms with E-state index in [0.717, 1.165) is 4.47 Å². The molecule has 142 valence electrons. The Morgan fingerprint density at radius 3 is 2.85 bits per heavy atom. The molecule has 27 heavy (non-hydrogen) atoms. The lowest BCUT2D eigenvalue weighted by Crippen LogP contribution is -2.29. The van der Waals surface area contributed by atoms with Crippen LogP contribution in [0.4, 0.5) is 5.95 Å². The molecule has 0 saturated heterocycles.